The first-order valence-electron chi connectivity index (χ1n) is 7.87. The number of nitrogens with two attached hydrogens (primary N) is 1. The molecule has 0 saturated heterocycles. The second-order valence-corrected chi connectivity index (χ2v) is 5.57. The van der Waals surface area contributed by atoms with Crippen LogP contribution < -0.4 is 15.8 Å². The van der Waals surface area contributed by atoms with Gasteiger partial charge in [-0.05, 0) is 37.3 Å². The number of nitrogens with one attached hydrogen (secondary N) is 2. The molecule has 0 fully saturated rings. The van der Waals surface area contributed by atoms with Crippen LogP contribution in [0.2, 0.25) is 0 Å². The zero-order valence-corrected chi connectivity index (χ0v) is 14.1. The first-order chi connectivity index (χ1) is 12.1. The quantitative estimate of drug-likeness (QED) is 0.632. The average Bonchev–Trinajstić information content (AvgIpc) is 3.22. The standard InChI is InChI=1S/C17H20N6O2/c1-11-9-14(22-21-11)17(24)20-12-3-4-16(25-8-6-18)13(10-12)15-5-7-19-23(15)2/h3-5,7,9-10H,6,8,18H2,1-2H3,(H,20,24)(H,21,22). The van der Waals surface area contributed by atoms with Gasteiger partial charge >= 0.3 is 0 Å². The Hall–Kier alpha value is -3.13. The van der Waals surface area contributed by atoms with E-state index in [-0.39, 0.29) is 5.91 Å². The van der Waals surface area contributed by atoms with E-state index in [9.17, 15) is 4.79 Å². The summed E-state index contributed by atoms with van der Waals surface area (Å²) in [6.07, 6.45) is 1.71. The molecule has 8 nitrogen and oxygen atoms in total. The molecule has 1 amide bonds. The summed E-state index contributed by atoms with van der Waals surface area (Å²) in [6, 6.07) is 9.02. The molecule has 2 aromatic heterocycles. The maximum absolute atomic E-state index is 12.3. The zero-order valence-electron chi connectivity index (χ0n) is 14.1. The monoisotopic (exact) mass is 340 g/mol. The largest absolute Gasteiger partial charge is 0.492 e. The Morgan fingerprint density at radius 3 is 2.84 bits per heavy atom. The van der Waals surface area contributed by atoms with E-state index in [0.717, 1.165) is 17.0 Å². The van der Waals surface area contributed by atoms with Gasteiger partial charge in [0.15, 0.2) is 0 Å². The number of anilines is 1. The highest BCUT2D eigenvalue weighted by molar-refractivity contribution is 6.03. The number of hydrogen-bond donors (Lipinski definition) is 3. The van der Waals surface area contributed by atoms with Crippen molar-refractivity contribution in [3.63, 3.8) is 0 Å². The number of carbonyl (C=O) groups excluding carboxylic acids is 1. The summed E-state index contributed by atoms with van der Waals surface area (Å²) in [7, 11) is 1.85. The van der Waals surface area contributed by atoms with E-state index in [2.05, 4.69) is 20.6 Å². The van der Waals surface area contributed by atoms with Crippen molar-refractivity contribution >= 4 is 11.6 Å². The van der Waals surface area contributed by atoms with Crippen molar-refractivity contribution < 1.29 is 9.53 Å². The van der Waals surface area contributed by atoms with Gasteiger partial charge < -0.3 is 15.8 Å². The summed E-state index contributed by atoms with van der Waals surface area (Å²) in [6.45, 7) is 2.64. The fraction of sp³-hybridized carbons (Fsp3) is 0.235. The number of aromatic amines is 1. The summed E-state index contributed by atoms with van der Waals surface area (Å²) in [4.78, 5) is 12.3. The fourth-order valence-corrected chi connectivity index (χ4v) is 2.48. The lowest BCUT2D eigenvalue weighted by molar-refractivity contribution is 0.102. The van der Waals surface area contributed by atoms with Crippen molar-refractivity contribution in [2.45, 2.75) is 6.92 Å². The Morgan fingerprint density at radius 2 is 2.20 bits per heavy atom. The van der Waals surface area contributed by atoms with Gasteiger partial charge in [-0.3, -0.25) is 14.6 Å². The summed E-state index contributed by atoms with van der Waals surface area (Å²) in [5.74, 6) is 0.427. The van der Waals surface area contributed by atoms with Crippen molar-refractivity contribution in [3.8, 4) is 17.0 Å². The van der Waals surface area contributed by atoms with Crippen LogP contribution in [-0.4, -0.2) is 39.0 Å². The van der Waals surface area contributed by atoms with Gasteiger partial charge in [0.25, 0.3) is 5.91 Å². The molecule has 0 bridgehead atoms. The van der Waals surface area contributed by atoms with Crippen LogP contribution in [0.25, 0.3) is 11.3 Å². The first-order valence-corrected chi connectivity index (χ1v) is 7.87. The minimum atomic E-state index is -0.257. The number of H-pyrrole nitrogens is 1. The van der Waals surface area contributed by atoms with Gasteiger partial charge in [-0.25, -0.2) is 0 Å². The predicted molar refractivity (Wildman–Crippen MR) is 94.5 cm³/mol. The van der Waals surface area contributed by atoms with Crippen LogP contribution in [0.4, 0.5) is 5.69 Å². The van der Waals surface area contributed by atoms with Gasteiger partial charge in [-0.1, -0.05) is 0 Å². The molecular formula is C17H20N6O2. The van der Waals surface area contributed by atoms with E-state index in [1.807, 2.05) is 32.2 Å². The van der Waals surface area contributed by atoms with E-state index in [1.165, 1.54) is 0 Å². The molecule has 25 heavy (non-hydrogen) atoms. The third-order valence-electron chi connectivity index (χ3n) is 3.66. The highest BCUT2D eigenvalue weighted by atomic mass is 16.5. The number of nitrogens with zero attached hydrogens (tertiary/aromatic N) is 3. The van der Waals surface area contributed by atoms with E-state index >= 15 is 0 Å². The number of carbonyl (C=O) groups is 1. The lowest BCUT2D eigenvalue weighted by Gasteiger charge is -2.13. The molecule has 1 aromatic carbocycles. The molecule has 2 heterocycles. The topological polar surface area (TPSA) is 111 Å². The number of aryl methyl sites for hydroxylation is 2. The van der Waals surface area contributed by atoms with Crippen LogP contribution in [0.1, 0.15) is 16.2 Å². The summed E-state index contributed by atoms with van der Waals surface area (Å²) < 4.78 is 7.46. The molecule has 0 spiro atoms. The molecule has 0 saturated carbocycles. The molecule has 130 valence electrons. The van der Waals surface area contributed by atoms with Gasteiger partial charge in [0.1, 0.15) is 18.1 Å². The predicted octanol–water partition coefficient (Wildman–Crippen LogP) is 1.71. The SMILES string of the molecule is Cc1cc(C(=O)Nc2ccc(OCCN)c(-c3ccnn3C)c2)[nH]n1. The molecule has 0 unspecified atom stereocenters. The molecule has 0 aliphatic carbocycles. The van der Waals surface area contributed by atoms with E-state index in [4.69, 9.17) is 10.5 Å². The van der Waals surface area contributed by atoms with Gasteiger partial charge in [-0.15, -0.1) is 0 Å². The van der Waals surface area contributed by atoms with Gasteiger partial charge in [-0.2, -0.15) is 10.2 Å². The summed E-state index contributed by atoms with van der Waals surface area (Å²) in [5.41, 5.74) is 9.04. The molecule has 0 aliphatic rings. The molecule has 0 atom stereocenters. The Balaban J connectivity index is 1.91. The van der Waals surface area contributed by atoms with Crippen molar-refractivity contribution in [1.82, 2.24) is 20.0 Å². The summed E-state index contributed by atoms with van der Waals surface area (Å²) >= 11 is 0. The van der Waals surface area contributed by atoms with Crippen molar-refractivity contribution in [3.05, 3.63) is 47.9 Å². The molecule has 0 aliphatic heterocycles. The lowest BCUT2D eigenvalue weighted by atomic mass is 10.1. The van der Waals surface area contributed by atoms with Crippen LogP contribution in [0, 0.1) is 6.92 Å². The zero-order chi connectivity index (χ0) is 17.8. The van der Waals surface area contributed by atoms with E-state index in [1.54, 1.807) is 23.0 Å². The van der Waals surface area contributed by atoms with Gasteiger partial charge in [0.05, 0.1) is 11.4 Å². The second kappa shape index (κ2) is 7.18. The van der Waals surface area contributed by atoms with Gasteiger partial charge in [0.2, 0.25) is 0 Å². The van der Waals surface area contributed by atoms with Crippen LogP contribution in [0.5, 0.6) is 5.75 Å². The number of ether oxygens (including phenoxy) is 1. The summed E-state index contributed by atoms with van der Waals surface area (Å²) in [5, 5.41) is 13.7. The Kier molecular flexibility index (Phi) is 4.80. The molecule has 8 heteroatoms. The molecule has 3 rings (SSSR count). The molecule has 4 N–H and O–H groups in total. The number of benzene rings is 1. The Bertz CT molecular complexity index is 883. The smallest absolute Gasteiger partial charge is 0.273 e. The molecular weight excluding hydrogens is 320 g/mol. The number of hydrogen-bond acceptors (Lipinski definition) is 5. The maximum Gasteiger partial charge on any atom is 0.273 e. The Morgan fingerprint density at radius 1 is 1.36 bits per heavy atom. The van der Waals surface area contributed by atoms with Crippen LogP contribution in [-0.2, 0) is 7.05 Å². The molecule has 3 aromatic rings. The minimum Gasteiger partial charge on any atom is -0.492 e. The number of rotatable bonds is 6. The van der Waals surface area contributed by atoms with Crippen LogP contribution in [0.3, 0.4) is 0 Å². The highest BCUT2D eigenvalue weighted by Gasteiger charge is 2.14. The number of amides is 1. The van der Waals surface area contributed by atoms with Crippen LogP contribution >= 0.6 is 0 Å². The average molecular weight is 340 g/mol. The number of aromatic nitrogens is 4. The first kappa shape index (κ1) is 16.7. The van der Waals surface area contributed by atoms with E-state index < -0.39 is 0 Å². The fourth-order valence-electron chi connectivity index (χ4n) is 2.48. The van der Waals surface area contributed by atoms with E-state index in [0.29, 0.717) is 30.3 Å². The van der Waals surface area contributed by atoms with Crippen molar-refractivity contribution in [2.75, 3.05) is 18.5 Å². The van der Waals surface area contributed by atoms with Gasteiger partial charge in [0, 0.05) is 31.0 Å². The van der Waals surface area contributed by atoms with Crippen molar-refractivity contribution in [2.24, 2.45) is 12.8 Å². The normalized spacial score (nSPS) is 10.7. The maximum atomic E-state index is 12.3. The van der Waals surface area contributed by atoms with Crippen molar-refractivity contribution in [1.29, 1.82) is 0 Å². The minimum absolute atomic E-state index is 0.257. The second-order valence-electron chi connectivity index (χ2n) is 5.57. The molecule has 0 radical (unpaired) electrons. The lowest BCUT2D eigenvalue weighted by Crippen LogP contribution is -2.13. The van der Waals surface area contributed by atoms with Crippen LogP contribution in [0.15, 0.2) is 36.5 Å². The Labute approximate surface area is 145 Å². The third-order valence-corrected chi connectivity index (χ3v) is 3.66. The third kappa shape index (κ3) is 3.69. The highest BCUT2D eigenvalue weighted by Crippen LogP contribution is 2.32.